The van der Waals surface area contributed by atoms with Crippen molar-refractivity contribution in [1.82, 2.24) is 0 Å². The molecule has 14 heavy (non-hydrogen) atoms. The molecule has 0 N–H and O–H groups in total. The molecule has 0 aliphatic carbocycles. The molecule has 4 heteroatoms. The standard InChI is InChI=1S/C10H11NO2S/c1-9(7-8-11)14(12,13)10-5-3-2-4-6-10/h2-6,9H,7H2,1H3. The molecule has 1 aromatic rings. The Morgan fingerprint density at radius 2 is 1.93 bits per heavy atom. The van der Waals surface area contributed by atoms with Crippen molar-refractivity contribution >= 4 is 9.84 Å². The van der Waals surface area contributed by atoms with Gasteiger partial charge in [0.05, 0.1) is 22.6 Å². The molecule has 1 unspecified atom stereocenters. The van der Waals surface area contributed by atoms with Gasteiger partial charge in [-0.3, -0.25) is 0 Å². The molecule has 0 aliphatic rings. The van der Waals surface area contributed by atoms with E-state index >= 15 is 0 Å². The molecule has 0 saturated heterocycles. The number of benzene rings is 1. The highest BCUT2D eigenvalue weighted by Crippen LogP contribution is 2.16. The number of rotatable bonds is 3. The number of hydrogen-bond acceptors (Lipinski definition) is 3. The van der Waals surface area contributed by atoms with Crippen LogP contribution in [0.25, 0.3) is 0 Å². The molecule has 0 fully saturated rings. The summed E-state index contributed by atoms with van der Waals surface area (Å²) in [5, 5.41) is 7.79. The summed E-state index contributed by atoms with van der Waals surface area (Å²) >= 11 is 0. The summed E-state index contributed by atoms with van der Waals surface area (Å²) in [5.41, 5.74) is 0. The van der Waals surface area contributed by atoms with Crippen LogP contribution in [0.4, 0.5) is 0 Å². The van der Waals surface area contributed by atoms with E-state index in [9.17, 15) is 8.42 Å². The molecule has 0 amide bonds. The fourth-order valence-corrected chi connectivity index (χ4v) is 2.38. The first-order valence-electron chi connectivity index (χ1n) is 4.25. The van der Waals surface area contributed by atoms with E-state index in [1.807, 2.05) is 6.07 Å². The minimum absolute atomic E-state index is 0.0250. The Morgan fingerprint density at radius 3 is 2.43 bits per heavy atom. The zero-order chi connectivity index (χ0) is 10.6. The van der Waals surface area contributed by atoms with Gasteiger partial charge in [0.1, 0.15) is 0 Å². The highest BCUT2D eigenvalue weighted by Gasteiger charge is 2.22. The van der Waals surface area contributed by atoms with Crippen LogP contribution in [0.3, 0.4) is 0 Å². The highest BCUT2D eigenvalue weighted by atomic mass is 32.2. The summed E-state index contributed by atoms with van der Waals surface area (Å²) in [5.74, 6) is 0. The zero-order valence-corrected chi connectivity index (χ0v) is 8.66. The second-order valence-corrected chi connectivity index (χ2v) is 5.40. The highest BCUT2D eigenvalue weighted by molar-refractivity contribution is 7.92. The number of nitrogens with zero attached hydrogens (tertiary/aromatic N) is 1. The van der Waals surface area contributed by atoms with Crippen LogP contribution in [-0.4, -0.2) is 13.7 Å². The molecule has 0 heterocycles. The van der Waals surface area contributed by atoms with Gasteiger partial charge < -0.3 is 0 Å². The van der Waals surface area contributed by atoms with Gasteiger partial charge in [-0.15, -0.1) is 0 Å². The normalized spacial score (nSPS) is 13.1. The number of hydrogen-bond donors (Lipinski definition) is 0. The molecule has 3 nitrogen and oxygen atoms in total. The van der Waals surface area contributed by atoms with Crippen molar-refractivity contribution in [3.8, 4) is 6.07 Å². The smallest absolute Gasteiger partial charge is 0.181 e. The fourth-order valence-electron chi connectivity index (χ4n) is 1.08. The third-order valence-electron chi connectivity index (χ3n) is 1.98. The summed E-state index contributed by atoms with van der Waals surface area (Å²) in [6, 6.07) is 10.1. The lowest BCUT2D eigenvalue weighted by atomic mass is 10.4. The van der Waals surface area contributed by atoms with Gasteiger partial charge in [-0.2, -0.15) is 5.26 Å². The van der Waals surface area contributed by atoms with Gasteiger partial charge in [-0.1, -0.05) is 18.2 Å². The quantitative estimate of drug-likeness (QED) is 0.762. The topological polar surface area (TPSA) is 57.9 Å². The molecular formula is C10H11NO2S. The van der Waals surface area contributed by atoms with Crippen LogP contribution in [-0.2, 0) is 9.84 Å². The Kier molecular flexibility index (Phi) is 3.26. The second-order valence-electron chi connectivity index (χ2n) is 3.03. The van der Waals surface area contributed by atoms with E-state index in [0.29, 0.717) is 0 Å². The molecule has 0 spiro atoms. The minimum Gasteiger partial charge on any atom is -0.223 e. The lowest BCUT2D eigenvalue weighted by Gasteiger charge is -2.08. The van der Waals surface area contributed by atoms with Crippen LogP contribution >= 0.6 is 0 Å². The Morgan fingerprint density at radius 1 is 1.36 bits per heavy atom. The minimum atomic E-state index is -3.32. The van der Waals surface area contributed by atoms with E-state index in [2.05, 4.69) is 0 Å². The first kappa shape index (κ1) is 10.7. The largest absolute Gasteiger partial charge is 0.223 e. The third kappa shape index (κ3) is 2.12. The van der Waals surface area contributed by atoms with Gasteiger partial charge in [-0.05, 0) is 19.1 Å². The zero-order valence-electron chi connectivity index (χ0n) is 7.84. The van der Waals surface area contributed by atoms with Crippen LogP contribution in [0.1, 0.15) is 13.3 Å². The summed E-state index contributed by atoms with van der Waals surface area (Å²) in [7, 11) is -3.32. The van der Waals surface area contributed by atoms with Gasteiger partial charge in [0.15, 0.2) is 9.84 Å². The van der Waals surface area contributed by atoms with Crippen LogP contribution in [0, 0.1) is 11.3 Å². The summed E-state index contributed by atoms with van der Waals surface area (Å²) in [6.07, 6.45) is 0.0250. The predicted octanol–water partition coefficient (Wildman–Crippen LogP) is 1.76. The van der Waals surface area contributed by atoms with Gasteiger partial charge in [0.2, 0.25) is 0 Å². The van der Waals surface area contributed by atoms with Crippen molar-refractivity contribution < 1.29 is 8.42 Å². The van der Waals surface area contributed by atoms with E-state index in [1.54, 1.807) is 37.3 Å². The second kappa shape index (κ2) is 4.25. The van der Waals surface area contributed by atoms with Gasteiger partial charge in [0, 0.05) is 0 Å². The van der Waals surface area contributed by atoms with Crippen molar-refractivity contribution in [2.75, 3.05) is 0 Å². The molecule has 1 rings (SSSR count). The first-order valence-corrected chi connectivity index (χ1v) is 5.79. The van der Waals surface area contributed by atoms with E-state index in [4.69, 9.17) is 5.26 Å². The Balaban J connectivity index is 3.05. The van der Waals surface area contributed by atoms with Crippen molar-refractivity contribution in [3.05, 3.63) is 30.3 Å². The van der Waals surface area contributed by atoms with E-state index < -0.39 is 15.1 Å². The van der Waals surface area contributed by atoms with Crippen LogP contribution in [0.5, 0.6) is 0 Å². The molecule has 0 aliphatic heterocycles. The molecule has 0 saturated carbocycles. The van der Waals surface area contributed by atoms with Crippen LogP contribution in [0.15, 0.2) is 35.2 Å². The number of sulfone groups is 1. The molecule has 1 aromatic carbocycles. The Labute approximate surface area is 83.9 Å². The fraction of sp³-hybridized carbons (Fsp3) is 0.300. The first-order chi connectivity index (χ1) is 6.59. The molecule has 74 valence electrons. The van der Waals surface area contributed by atoms with Gasteiger partial charge in [0.25, 0.3) is 0 Å². The lowest BCUT2D eigenvalue weighted by Crippen LogP contribution is -2.17. The van der Waals surface area contributed by atoms with E-state index in [-0.39, 0.29) is 11.3 Å². The molecule has 0 bridgehead atoms. The summed E-state index contributed by atoms with van der Waals surface area (Å²) < 4.78 is 23.5. The van der Waals surface area contributed by atoms with Gasteiger partial charge in [-0.25, -0.2) is 8.42 Å². The summed E-state index contributed by atoms with van der Waals surface area (Å²) in [6.45, 7) is 1.55. The maximum absolute atomic E-state index is 11.8. The van der Waals surface area contributed by atoms with Crippen molar-refractivity contribution in [2.24, 2.45) is 0 Å². The Hall–Kier alpha value is -1.34. The molecule has 1 atom stereocenters. The van der Waals surface area contributed by atoms with Crippen LogP contribution < -0.4 is 0 Å². The number of nitriles is 1. The molecule has 0 radical (unpaired) electrons. The average molecular weight is 209 g/mol. The average Bonchev–Trinajstić information content (AvgIpc) is 2.19. The Bertz CT molecular complexity index is 431. The maximum atomic E-state index is 11.8. The third-order valence-corrected chi connectivity index (χ3v) is 4.14. The lowest BCUT2D eigenvalue weighted by molar-refractivity contribution is 0.584. The van der Waals surface area contributed by atoms with Crippen LogP contribution in [0.2, 0.25) is 0 Å². The van der Waals surface area contributed by atoms with Gasteiger partial charge >= 0.3 is 0 Å². The monoisotopic (exact) mass is 209 g/mol. The van der Waals surface area contributed by atoms with Crippen molar-refractivity contribution in [3.63, 3.8) is 0 Å². The predicted molar refractivity (Wildman–Crippen MR) is 53.3 cm³/mol. The van der Waals surface area contributed by atoms with E-state index in [0.717, 1.165) is 0 Å². The van der Waals surface area contributed by atoms with E-state index in [1.165, 1.54) is 0 Å². The maximum Gasteiger partial charge on any atom is 0.181 e. The SMILES string of the molecule is CC(CC#N)S(=O)(=O)c1ccccc1. The molecule has 0 aromatic heterocycles. The van der Waals surface area contributed by atoms with Crippen molar-refractivity contribution in [1.29, 1.82) is 5.26 Å². The van der Waals surface area contributed by atoms with Crippen molar-refractivity contribution in [2.45, 2.75) is 23.5 Å². The molecular weight excluding hydrogens is 198 g/mol. The summed E-state index contributed by atoms with van der Waals surface area (Å²) in [4.78, 5) is 0.280.